The number of hydrogen-bond donors (Lipinski definition) is 2. The van der Waals surface area contributed by atoms with Crippen LogP contribution in [0.3, 0.4) is 0 Å². The van der Waals surface area contributed by atoms with Crippen molar-refractivity contribution in [3.05, 3.63) is 76.5 Å². The first kappa shape index (κ1) is 21.6. The maximum absolute atomic E-state index is 4.83. The molecular weight excluding hydrogens is 404 g/mol. The molecule has 4 rings (SSSR count). The third kappa shape index (κ3) is 6.18. The summed E-state index contributed by atoms with van der Waals surface area (Å²) in [4.78, 5) is 13.0. The number of likely N-dealkylation sites (tertiary alicyclic amines) is 1. The number of nitrogens with zero attached hydrogens (tertiary/aromatic N) is 4. The number of guanidine groups is 1. The van der Waals surface area contributed by atoms with Gasteiger partial charge in [0, 0.05) is 36.9 Å². The van der Waals surface area contributed by atoms with E-state index in [0.29, 0.717) is 12.6 Å². The maximum atomic E-state index is 4.83. The van der Waals surface area contributed by atoms with E-state index in [4.69, 9.17) is 4.99 Å². The highest BCUT2D eigenvalue weighted by Gasteiger charge is 2.24. The SMILES string of the molecule is CCNC(=NCc1ccc(Cn2ccnc2)cc1)NCC(c1cccs1)N1CCCC1. The first-order valence-corrected chi connectivity index (χ1v) is 12.0. The number of benzene rings is 1. The highest BCUT2D eigenvalue weighted by molar-refractivity contribution is 7.10. The average Bonchev–Trinajstić information content (AvgIpc) is 3.57. The molecule has 1 aromatic carbocycles. The van der Waals surface area contributed by atoms with Crippen molar-refractivity contribution < 1.29 is 0 Å². The molecule has 3 heterocycles. The molecule has 0 spiro atoms. The lowest BCUT2D eigenvalue weighted by molar-refractivity contribution is 0.249. The second kappa shape index (κ2) is 11.1. The van der Waals surface area contributed by atoms with Crippen LogP contribution in [0.15, 0.2) is 65.5 Å². The molecule has 1 aliphatic heterocycles. The Balaban J connectivity index is 1.36. The number of hydrogen-bond acceptors (Lipinski definition) is 4. The Hall–Kier alpha value is -2.64. The molecule has 6 nitrogen and oxygen atoms in total. The van der Waals surface area contributed by atoms with Crippen LogP contribution in [0.5, 0.6) is 0 Å². The Bertz CT molecular complexity index is 912. The normalized spacial score (nSPS) is 15.8. The molecule has 1 fully saturated rings. The summed E-state index contributed by atoms with van der Waals surface area (Å²) in [5.41, 5.74) is 2.47. The van der Waals surface area contributed by atoms with Gasteiger partial charge < -0.3 is 15.2 Å². The molecule has 2 N–H and O–H groups in total. The van der Waals surface area contributed by atoms with Crippen LogP contribution in [0.4, 0.5) is 0 Å². The van der Waals surface area contributed by atoms with E-state index in [1.54, 1.807) is 0 Å². The molecule has 1 saturated heterocycles. The first-order chi connectivity index (χ1) is 15.3. The third-order valence-electron chi connectivity index (χ3n) is 5.63. The molecular formula is C24H32N6S. The minimum absolute atomic E-state index is 0.411. The van der Waals surface area contributed by atoms with E-state index in [-0.39, 0.29) is 0 Å². The Morgan fingerprint density at radius 3 is 2.61 bits per heavy atom. The van der Waals surface area contributed by atoms with Crippen LogP contribution in [-0.4, -0.2) is 46.6 Å². The number of imidazole rings is 1. The molecule has 0 saturated carbocycles. The van der Waals surface area contributed by atoms with Gasteiger partial charge in [-0.2, -0.15) is 0 Å². The minimum atomic E-state index is 0.411. The van der Waals surface area contributed by atoms with Gasteiger partial charge in [0.25, 0.3) is 0 Å². The zero-order valence-electron chi connectivity index (χ0n) is 18.2. The van der Waals surface area contributed by atoms with E-state index in [2.05, 4.69) is 73.8 Å². The van der Waals surface area contributed by atoms with Crippen LogP contribution in [0.25, 0.3) is 0 Å². The van der Waals surface area contributed by atoms with Gasteiger partial charge in [0.2, 0.25) is 0 Å². The van der Waals surface area contributed by atoms with Crippen molar-refractivity contribution in [2.75, 3.05) is 26.2 Å². The summed E-state index contributed by atoms with van der Waals surface area (Å²) in [5.74, 6) is 0.880. The summed E-state index contributed by atoms with van der Waals surface area (Å²) in [5, 5.41) is 9.16. The number of rotatable bonds is 9. The standard InChI is InChI=1S/C24H32N6S/c1-2-26-24(28-17-22(23-6-5-15-31-23)30-12-3-4-13-30)27-16-20-7-9-21(10-8-20)18-29-14-11-25-19-29/h5-11,14-15,19,22H,2-4,12-13,16-18H2,1H3,(H2,26,27,28). The maximum Gasteiger partial charge on any atom is 0.191 e. The molecule has 1 atom stereocenters. The highest BCUT2D eigenvalue weighted by atomic mass is 32.1. The second-order valence-corrected chi connectivity index (χ2v) is 8.88. The fourth-order valence-corrected chi connectivity index (χ4v) is 4.85. The summed E-state index contributed by atoms with van der Waals surface area (Å²) in [6, 6.07) is 13.5. The summed E-state index contributed by atoms with van der Waals surface area (Å²) in [6.45, 7) is 7.70. The predicted octanol–water partition coefficient (Wildman–Crippen LogP) is 3.89. The van der Waals surface area contributed by atoms with Crippen LogP contribution in [-0.2, 0) is 13.1 Å². The van der Waals surface area contributed by atoms with Gasteiger partial charge in [-0.15, -0.1) is 11.3 Å². The van der Waals surface area contributed by atoms with Crippen molar-refractivity contribution in [3.63, 3.8) is 0 Å². The molecule has 1 unspecified atom stereocenters. The molecule has 1 aliphatic rings. The third-order valence-corrected chi connectivity index (χ3v) is 6.60. The number of aliphatic imine (C=N–C) groups is 1. The second-order valence-electron chi connectivity index (χ2n) is 7.90. The highest BCUT2D eigenvalue weighted by Crippen LogP contribution is 2.27. The van der Waals surface area contributed by atoms with Crippen LogP contribution in [0.1, 0.15) is 41.8 Å². The van der Waals surface area contributed by atoms with E-state index in [0.717, 1.165) is 25.6 Å². The fourth-order valence-electron chi connectivity index (χ4n) is 3.99. The lowest BCUT2D eigenvalue weighted by Gasteiger charge is -2.27. The van der Waals surface area contributed by atoms with E-state index < -0.39 is 0 Å². The lowest BCUT2D eigenvalue weighted by Crippen LogP contribution is -2.42. The molecule has 0 aliphatic carbocycles. The van der Waals surface area contributed by atoms with E-state index in [1.165, 1.54) is 41.9 Å². The smallest absolute Gasteiger partial charge is 0.191 e. The molecule has 164 valence electrons. The summed E-state index contributed by atoms with van der Waals surface area (Å²) < 4.78 is 2.07. The monoisotopic (exact) mass is 436 g/mol. The van der Waals surface area contributed by atoms with Crippen LogP contribution in [0.2, 0.25) is 0 Å². The van der Waals surface area contributed by atoms with Crippen molar-refractivity contribution in [1.29, 1.82) is 0 Å². The van der Waals surface area contributed by atoms with Crippen LogP contribution < -0.4 is 10.6 Å². The molecule has 0 bridgehead atoms. The number of nitrogens with one attached hydrogen (secondary N) is 2. The van der Waals surface area contributed by atoms with Gasteiger partial charge in [0.05, 0.1) is 18.9 Å². The van der Waals surface area contributed by atoms with Crippen molar-refractivity contribution in [1.82, 2.24) is 25.1 Å². The van der Waals surface area contributed by atoms with Crippen molar-refractivity contribution in [2.45, 2.75) is 38.9 Å². The number of aromatic nitrogens is 2. The van der Waals surface area contributed by atoms with E-state index in [1.807, 2.05) is 30.1 Å². The van der Waals surface area contributed by atoms with Gasteiger partial charge in [-0.1, -0.05) is 30.3 Å². The zero-order chi connectivity index (χ0) is 21.3. The zero-order valence-corrected chi connectivity index (χ0v) is 19.0. The van der Waals surface area contributed by atoms with E-state index in [9.17, 15) is 0 Å². The molecule has 7 heteroatoms. The van der Waals surface area contributed by atoms with Crippen molar-refractivity contribution in [2.24, 2.45) is 4.99 Å². The van der Waals surface area contributed by atoms with Gasteiger partial charge in [-0.05, 0) is 55.4 Å². The predicted molar refractivity (Wildman–Crippen MR) is 128 cm³/mol. The van der Waals surface area contributed by atoms with E-state index >= 15 is 0 Å². The summed E-state index contributed by atoms with van der Waals surface area (Å²) >= 11 is 1.85. The molecule has 31 heavy (non-hydrogen) atoms. The van der Waals surface area contributed by atoms with Gasteiger partial charge in [-0.3, -0.25) is 4.90 Å². The molecule has 2 aromatic heterocycles. The van der Waals surface area contributed by atoms with Gasteiger partial charge in [0.1, 0.15) is 0 Å². The first-order valence-electron chi connectivity index (χ1n) is 11.1. The summed E-state index contributed by atoms with van der Waals surface area (Å²) in [6.07, 6.45) is 8.24. The van der Waals surface area contributed by atoms with Gasteiger partial charge >= 0.3 is 0 Å². The fraction of sp³-hybridized carbons (Fsp3) is 0.417. The Labute approximate surface area is 189 Å². The largest absolute Gasteiger partial charge is 0.357 e. The summed E-state index contributed by atoms with van der Waals surface area (Å²) in [7, 11) is 0. The number of thiophene rings is 1. The quantitative estimate of drug-likeness (QED) is 0.395. The van der Waals surface area contributed by atoms with Gasteiger partial charge in [-0.25, -0.2) is 9.98 Å². The van der Waals surface area contributed by atoms with Crippen molar-refractivity contribution in [3.8, 4) is 0 Å². The minimum Gasteiger partial charge on any atom is -0.357 e. The van der Waals surface area contributed by atoms with Gasteiger partial charge in [0.15, 0.2) is 5.96 Å². The molecule has 3 aromatic rings. The van der Waals surface area contributed by atoms with Crippen LogP contribution >= 0.6 is 11.3 Å². The Morgan fingerprint density at radius 1 is 1.13 bits per heavy atom. The molecule has 0 amide bonds. The van der Waals surface area contributed by atoms with Crippen LogP contribution in [0, 0.1) is 0 Å². The average molecular weight is 437 g/mol. The lowest BCUT2D eigenvalue weighted by atomic mass is 10.1. The molecule has 0 radical (unpaired) electrons. The Morgan fingerprint density at radius 2 is 1.94 bits per heavy atom. The topological polar surface area (TPSA) is 57.5 Å². The van der Waals surface area contributed by atoms with Crippen molar-refractivity contribution >= 4 is 17.3 Å². The Kier molecular flexibility index (Phi) is 7.74.